The van der Waals surface area contributed by atoms with E-state index in [4.69, 9.17) is 10.5 Å². The van der Waals surface area contributed by atoms with Gasteiger partial charge < -0.3 is 15.8 Å². The molecule has 1 aromatic rings. The monoisotopic (exact) mass is 246 g/mol. The van der Waals surface area contributed by atoms with Crippen molar-refractivity contribution in [2.24, 2.45) is 5.92 Å². The molecule has 18 heavy (non-hydrogen) atoms. The molecule has 2 rings (SSSR count). The molecule has 4 nitrogen and oxygen atoms in total. The van der Waals surface area contributed by atoms with Crippen LogP contribution in [-0.4, -0.2) is 19.1 Å². The van der Waals surface area contributed by atoms with E-state index in [0.717, 1.165) is 18.6 Å². The van der Waals surface area contributed by atoms with Gasteiger partial charge in [0.1, 0.15) is 12.4 Å². The number of hydrogen-bond donors (Lipinski definition) is 2. The third-order valence-electron chi connectivity index (χ3n) is 2.91. The standard InChI is InChI=1S/C14H18N2O2/c15-12-6-3-7-13(10-12)18-9-8-16-14(17)11-4-1-2-5-11/h1-3,6-7,10-11H,4-5,8-9,15H2,(H,16,17). The number of nitrogens with one attached hydrogen (secondary N) is 1. The van der Waals surface area contributed by atoms with Crippen LogP contribution in [0.25, 0.3) is 0 Å². The molecule has 1 aliphatic rings. The molecule has 0 bridgehead atoms. The minimum Gasteiger partial charge on any atom is -0.492 e. The van der Waals surface area contributed by atoms with Crippen LogP contribution in [0.1, 0.15) is 12.8 Å². The van der Waals surface area contributed by atoms with Crippen molar-refractivity contribution in [2.45, 2.75) is 12.8 Å². The van der Waals surface area contributed by atoms with Crippen molar-refractivity contribution in [3.63, 3.8) is 0 Å². The third kappa shape index (κ3) is 3.52. The van der Waals surface area contributed by atoms with Gasteiger partial charge in [-0.1, -0.05) is 18.2 Å². The Bertz CT molecular complexity index is 435. The van der Waals surface area contributed by atoms with Gasteiger partial charge in [-0.05, 0) is 25.0 Å². The highest BCUT2D eigenvalue weighted by molar-refractivity contribution is 5.79. The maximum absolute atomic E-state index is 11.7. The van der Waals surface area contributed by atoms with E-state index in [1.54, 1.807) is 6.07 Å². The maximum Gasteiger partial charge on any atom is 0.223 e. The number of nitrogens with two attached hydrogens (primary N) is 1. The van der Waals surface area contributed by atoms with Crippen molar-refractivity contribution >= 4 is 11.6 Å². The van der Waals surface area contributed by atoms with E-state index in [9.17, 15) is 4.79 Å². The summed E-state index contributed by atoms with van der Waals surface area (Å²) in [4.78, 5) is 11.7. The van der Waals surface area contributed by atoms with E-state index in [2.05, 4.69) is 5.32 Å². The Morgan fingerprint density at radius 1 is 1.39 bits per heavy atom. The fourth-order valence-corrected chi connectivity index (χ4v) is 1.92. The summed E-state index contributed by atoms with van der Waals surface area (Å²) in [5, 5.41) is 2.87. The van der Waals surface area contributed by atoms with Crippen molar-refractivity contribution in [3.05, 3.63) is 36.4 Å². The summed E-state index contributed by atoms with van der Waals surface area (Å²) in [6.45, 7) is 0.972. The molecule has 0 atom stereocenters. The second-order valence-electron chi connectivity index (χ2n) is 4.35. The van der Waals surface area contributed by atoms with E-state index in [1.165, 1.54) is 0 Å². The van der Waals surface area contributed by atoms with Crippen LogP contribution in [0.5, 0.6) is 5.75 Å². The fraction of sp³-hybridized carbons (Fsp3) is 0.357. The van der Waals surface area contributed by atoms with Gasteiger partial charge in [0.15, 0.2) is 0 Å². The molecule has 0 heterocycles. The highest BCUT2D eigenvalue weighted by Crippen LogP contribution is 2.17. The van der Waals surface area contributed by atoms with Crippen LogP contribution in [0.4, 0.5) is 5.69 Å². The molecular weight excluding hydrogens is 228 g/mol. The first kappa shape index (κ1) is 12.5. The van der Waals surface area contributed by atoms with Crippen molar-refractivity contribution in [1.29, 1.82) is 0 Å². The Labute approximate surface area is 107 Å². The van der Waals surface area contributed by atoms with E-state index in [0.29, 0.717) is 18.8 Å². The maximum atomic E-state index is 11.7. The number of hydrogen-bond acceptors (Lipinski definition) is 3. The summed E-state index contributed by atoms with van der Waals surface area (Å²) >= 11 is 0. The lowest BCUT2D eigenvalue weighted by molar-refractivity contribution is -0.124. The number of nitrogen functional groups attached to an aromatic ring is 1. The Hall–Kier alpha value is -1.97. The van der Waals surface area contributed by atoms with Crippen LogP contribution in [0.2, 0.25) is 0 Å². The lowest BCUT2D eigenvalue weighted by atomic mass is 10.1. The zero-order valence-electron chi connectivity index (χ0n) is 10.3. The first-order valence-corrected chi connectivity index (χ1v) is 6.17. The highest BCUT2D eigenvalue weighted by Gasteiger charge is 2.18. The van der Waals surface area contributed by atoms with Crippen LogP contribution in [0, 0.1) is 5.92 Å². The van der Waals surface area contributed by atoms with Gasteiger partial charge in [-0.25, -0.2) is 0 Å². The molecule has 0 aliphatic heterocycles. The van der Waals surface area contributed by atoms with Gasteiger partial charge in [-0.2, -0.15) is 0 Å². The Morgan fingerprint density at radius 3 is 2.89 bits per heavy atom. The van der Waals surface area contributed by atoms with Crippen molar-refractivity contribution in [2.75, 3.05) is 18.9 Å². The molecule has 4 heteroatoms. The summed E-state index contributed by atoms with van der Waals surface area (Å²) in [6.07, 6.45) is 5.80. The molecule has 1 aliphatic carbocycles. The van der Waals surface area contributed by atoms with Crippen LogP contribution in [0.15, 0.2) is 36.4 Å². The molecule has 96 valence electrons. The van der Waals surface area contributed by atoms with Crippen LogP contribution >= 0.6 is 0 Å². The predicted molar refractivity (Wildman–Crippen MR) is 71.2 cm³/mol. The largest absolute Gasteiger partial charge is 0.492 e. The number of anilines is 1. The Kier molecular flexibility index (Phi) is 4.23. The van der Waals surface area contributed by atoms with E-state index in [1.807, 2.05) is 30.4 Å². The van der Waals surface area contributed by atoms with Gasteiger partial charge in [-0.15, -0.1) is 0 Å². The summed E-state index contributed by atoms with van der Waals surface area (Å²) in [5.41, 5.74) is 6.31. The molecule has 0 aromatic heterocycles. The first-order chi connectivity index (χ1) is 8.75. The number of carbonyl (C=O) groups is 1. The SMILES string of the molecule is Nc1cccc(OCCNC(=O)C2CC=CC2)c1. The Balaban J connectivity index is 1.65. The molecule has 3 N–H and O–H groups in total. The van der Waals surface area contributed by atoms with Gasteiger partial charge in [0, 0.05) is 17.7 Å². The summed E-state index contributed by atoms with van der Waals surface area (Å²) in [6, 6.07) is 7.26. The zero-order valence-corrected chi connectivity index (χ0v) is 10.3. The Morgan fingerprint density at radius 2 is 2.17 bits per heavy atom. The molecule has 1 aromatic carbocycles. The van der Waals surface area contributed by atoms with E-state index >= 15 is 0 Å². The molecule has 0 unspecified atom stereocenters. The second kappa shape index (κ2) is 6.10. The minimum absolute atomic E-state index is 0.108. The predicted octanol–water partition coefficient (Wildman–Crippen LogP) is 1.73. The molecule has 1 amide bonds. The summed E-state index contributed by atoms with van der Waals surface area (Å²) < 4.78 is 5.49. The smallest absolute Gasteiger partial charge is 0.223 e. The average Bonchev–Trinajstić information content (AvgIpc) is 2.88. The van der Waals surface area contributed by atoms with Crippen LogP contribution < -0.4 is 15.8 Å². The molecule has 0 spiro atoms. The number of benzene rings is 1. The third-order valence-corrected chi connectivity index (χ3v) is 2.91. The molecule has 0 fully saturated rings. The topological polar surface area (TPSA) is 64.3 Å². The molecule has 0 saturated heterocycles. The normalized spacial score (nSPS) is 14.7. The molecular formula is C14H18N2O2. The van der Waals surface area contributed by atoms with Gasteiger partial charge >= 0.3 is 0 Å². The highest BCUT2D eigenvalue weighted by atomic mass is 16.5. The lowest BCUT2D eigenvalue weighted by Crippen LogP contribution is -2.32. The number of ether oxygens (including phenoxy) is 1. The molecule has 0 radical (unpaired) electrons. The van der Waals surface area contributed by atoms with Crippen molar-refractivity contribution in [1.82, 2.24) is 5.32 Å². The van der Waals surface area contributed by atoms with Crippen molar-refractivity contribution < 1.29 is 9.53 Å². The van der Waals surface area contributed by atoms with Crippen LogP contribution in [-0.2, 0) is 4.79 Å². The quantitative estimate of drug-likeness (QED) is 0.472. The minimum atomic E-state index is 0.108. The lowest BCUT2D eigenvalue weighted by Gasteiger charge is -2.11. The second-order valence-corrected chi connectivity index (χ2v) is 4.35. The number of carbonyl (C=O) groups excluding carboxylic acids is 1. The number of rotatable bonds is 5. The summed E-state index contributed by atoms with van der Waals surface area (Å²) in [7, 11) is 0. The van der Waals surface area contributed by atoms with Gasteiger partial charge in [0.2, 0.25) is 5.91 Å². The van der Waals surface area contributed by atoms with E-state index < -0.39 is 0 Å². The van der Waals surface area contributed by atoms with Crippen LogP contribution in [0.3, 0.4) is 0 Å². The fourth-order valence-electron chi connectivity index (χ4n) is 1.92. The number of amides is 1. The summed E-state index contributed by atoms with van der Waals surface area (Å²) in [5.74, 6) is 0.945. The van der Waals surface area contributed by atoms with Crippen molar-refractivity contribution in [3.8, 4) is 5.75 Å². The van der Waals surface area contributed by atoms with E-state index in [-0.39, 0.29) is 11.8 Å². The first-order valence-electron chi connectivity index (χ1n) is 6.17. The average molecular weight is 246 g/mol. The zero-order chi connectivity index (χ0) is 12.8. The van der Waals surface area contributed by atoms with Gasteiger partial charge in [-0.3, -0.25) is 4.79 Å². The molecule has 0 saturated carbocycles. The van der Waals surface area contributed by atoms with Gasteiger partial charge in [0.25, 0.3) is 0 Å². The van der Waals surface area contributed by atoms with Gasteiger partial charge in [0.05, 0.1) is 6.54 Å². The number of allylic oxidation sites excluding steroid dienone is 2.